The molecule has 10 aromatic carbocycles. The first-order valence-electron chi connectivity index (χ1n) is 19.5. The van der Waals surface area contributed by atoms with Crippen LogP contribution in [0.4, 0.5) is 0 Å². The monoisotopic (exact) mass is 771 g/mol. The highest BCUT2D eigenvalue weighted by Gasteiger charge is 2.22. The van der Waals surface area contributed by atoms with Gasteiger partial charge in [0.25, 0.3) is 0 Å². The van der Waals surface area contributed by atoms with E-state index in [-0.39, 0.29) is 0 Å². The molecule has 0 aliphatic rings. The number of fused-ring (bicyclic) bond motifs is 15. The van der Waals surface area contributed by atoms with Crippen LogP contribution < -0.4 is 0 Å². The Hall–Kier alpha value is -7.05. The molecule has 0 unspecified atom stereocenters. The predicted octanol–water partition coefficient (Wildman–Crippen LogP) is 15.4. The lowest BCUT2D eigenvalue weighted by molar-refractivity contribution is 1.08. The number of aromatic nitrogens is 3. The third-order valence-electron chi connectivity index (χ3n) is 11.8. The van der Waals surface area contributed by atoms with Crippen molar-refractivity contribution in [2.45, 2.75) is 0 Å². The second-order valence-electron chi connectivity index (χ2n) is 15.1. The zero-order valence-electron chi connectivity index (χ0n) is 30.9. The van der Waals surface area contributed by atoms with Gasteiger partial charge in [0.2, 0.25) is 0 Å². The molecule has 268 valence electrons. The van der Waals surface area contributed by atoms with Gasteiger partial charge >= 0.3 is 0 Å². The highest BCUT2D eigenvalue weighted by molar-refractivity contribution is 7.27. The lowest BCUT2D eigenvalue weighted by atomic mass is 9.92. The summed E-state index contributed by atoms with van der Waals surface area (Å²) in [6, 6.07) is 63.6. The smallest absolute Gasteiger partial charge is 0.165 e. The number of benzene rings is 10. The first kappa shape index (κ1) is 32.1. The van der Waals surface area contributed by atoms with Crippen LogP contribution in [0.1, 0.15) is 0 Å². The Morgan fingerprint density at radius 1 is 0.293 bits per heavy atom. The van der Waals surface area contributed by atoms with Crippen LogP contribution in [-0.2, 0) is 0 Å². The molecule has 5 heteroatoms. The van der Waals surface area contributed by atoms with E-state index < -0.39 is 0 Å². The second-order valence-corrected chi connectivity index (χ2v) is 17.2. The summed E-state index contributed by atoms with van der Waals surface area (Å²) in [4.78, 5) is 16.0. The van der Waals surface area contributed by atoms with Crippen molar-refractivity contribution in [1.82, 2.24) is 15.0 Å². The van der Waals surface area contributed by atoms with Gasteiger partial charge in [-0.25, -0.2) is 15.0 Å². The second kappa shape index (κ2) is 12.2. The van der Waals surface area contributed by atoms with Gasteiger partial charge in [0.15, 0.2) is 17.5 Å². The largest absolute Gasteiger partial charge is 0.208 e. The van der Waals surface area contributed by atoms with Crippen LogP contribution in [-0.4, -0.2) is 15.0 Å². The third-order valence-corrected chi connectivity index (χ3v) is 14.1. The minimum atomic E-state index is 0.659. The van der Waals surface area contributed by atoms with Crippen molar-refractivity contribution < 1.29 is 0 Å². The maximum atomic E-state index is 5.43. The van der Waals surface area contributed by atoms with Crippen LogP contribution in [0, 0.1) is 0 Å². The zero-order chi connectivity index (χ0) is 37.9. The Labute approximate surface area is 340 Å². The average Bonchev–Trinajstić information content (AvgIpc) is 3.84. The summed E-state index contributed by atoms with van der Waals surface area (Å²) in [6.45, 7) is 0. The molecule has 0 saturated carbocycles. The minimum Gasteiger partial charge on any atom is -0.208 e. The fourth-order valence-electron chi connectivity index (χ4n) is 9.21. The molecule has 0 bridgehead atoms. The number of rotatable bonds is 3. The molecular weight excluding hydrogens is 743 g/mol. The average molecular weight is 772 g/mol. The summed E-state index contributed by atoms with van der Waals surface area (Å²) >= 11 is 3.70. The fraction of sp³-hybridized carbons (Fsp3) is 0. The Morgan fingerprint density at radius 2 is 0.828 bits per heavy atom. The SMILES string of the molecule is c1ccc(-c2nc(-c3ccc4c(c3)sc3cc5ccccc5cc34)nc(-c3c4ccccc4cc4sc5c(ccc6c7ccccc7c7ccccc7c65)c34)n2)cc1. The Morgan fingerprint density at radius 3 is 1.60 bits per heavy atom. The van der Waals surface area contributed by atoms with Crippen molar-refractivity contribution in [2.24, 2.45) is 0 Å². The van der Waals surface area contributed by atoms with E-state index in [2.05, 4.69) is 158 Å². The molecule has 58 heavy (non-hydrogen) atoms. The summed E-state index contributed by atoms with van der Waals surface area (Å²) in [6.07, 6.45) is 0. The van der Waals surface area contributed by atoms with Gasteiger partial charge < -0.3 is 0 Å². The molecule has 0 spiro atoms. The van der Waals surface area contributed by atoms with Crippen molar-refractivity contribution in [1.29, 1.82) is 0 Å². The lowest BCUT2D eigenvalue weighted by Gasteiger charge is -2.13. The third kappa shape index (κ3) is 4.69. The first-order valence-corrected chi connectivity index (χ1v) is 21.1. The zero-order valence-corrected chi connectivity index (χ0v) is 32.5. The van der Waals surface area contributed by atoms with Crippen LogP contribution in [0.15, 0.2) is 176 Å². The van der Waals surface area contributed by atoms with Crippen LogP contribution >= 0.6 is 22.7 Å². The van der Waals surface area contributed by atoms with Gasteiger partial charge in [-0.3, -0.25) is 0 Å². The quantitative estimate of drug-likeness (QED) is 0.168. The molecule has 0 N–H and O–H groups in total. The van der Waals surface area contributed by atoms with Crippen molar-refractivity contribution >= 4 is 117 Å². The molecule has 0 aliphatic carbocycles. The highest BCUT2D eigenvalue weighted by Crippen LogP contribution is 2.49. The fourth-order valence-corrected chi connectivity index (χ4v) is 11.7. The standard InChI is InChI=1S/C53H29N3S2/c1-2-12-30(13-3-1)51-54-52(34-22-23-39-43-26-31-14-4-5-15-32(31)27-45(43)57-44(39)29-34)56-53(55-51)49-35-17-7-6-16-33(35)28-46-48(49)42-25-24-41-38-20-9-8-18-36(38)37-19-10-11-21-40(37)47(41)50(42)58-46/h1-29H. The van der Waals surface area contributed by atoms with Crippen molar-refractivity contribution in [3.63, 3.8) is 0 Å². The summed E-state index contributed by atoms with van der Waals surface area (Å²) in [7, 11) is 0. The van der Waals surface area contributed by atoms with E-state index in [1.807, 2.05) is 40.9 Å². The first-order chi connectivity index (χ1) is 28.7. The Kier molecular flexibility index (Phi) is 6.76. The molecule has 13 rings (SSSR count). The number of hydrogen-bond donors (Lipinski definition) is 0. The van der Waals surface area contributed by atoms with Crippen LogP contribution in [0.5, 0.6) is 0 Å². The summed E-state index contributed by atoms with van der Waals surface area (Å²) in [5.41, 5.74) is 2.97. The van der Waals surface area contributed by atoms with Crippen LogP contribution in [0.25, 0.3) is 128 Å². The van der Waals surface area contributed by atoms with E-state index in [4.69, 9.17) is 15.0 Å². The van der Waals surface area contributed by atoms with E-state index in [1.54, 1.807) is 0 Å². The Balaban J connectivity index is 1.11. The number of thiophene rings is 2. The molecule has 3 aromatic heterocycles. The molecule has 0 radical (unpaired) electrons. The lowest BCUT2D eigenvalue weighted by Crippen LogP contribution is -2.01. The molecule has 0 saturated heterocycles. The van der Waals surface area contributed by atoms with Crippen LogP contribution in [0.2, 0.25) is 0 Å². The molecule has 0 amide bonds. The summed E-state index contributed by atoms with van der Waals surface area (Å²) < 4.78 is 5.00. The summed E-state index contributed by atoms with van der Waals surface area (Å²) in [5, 5.41) is 17.4. The van der Waals surface area contributed by atoms with Gasteiger partial charge in [-0.2, -0.15) is 0 Å². The molecule has 0 aliphatic heterocycles. The van der Waals surface area contributed by atoms with Gasteiger partial charge in [-0.05, 0) is 72.7 Å². The maximum absolute atomic E-state index is 5.43. The van der Waals surface area contributed by atoms with Gasteiger partial charge in [-0.15, -0.1) is 22.7 Å². The van der Waals surface area contributed by atoms with E-state index in [0.717, 1.165) is 22.1 Å². The van der Waals surface area contributed by atoms with Gasteiger partial charge in [0.05, 0.1) is 0 Å². The topological polar surface area (TPSA) is 38.7 Å². The molecule has 0 fully saturated rings. The molecular formula is C53H29N3S2. The Bertz CT molecular complexity index is 3830. The van der Waals surface area contributed by atoms with Crippen LogP contribution in [0.3, 0.4) is 0 Å². The number of hydrogen-bond acceptors (Lipinski definition) is 5. The number of nitrogens with zero attached hydrogens (tertiary/aromatic N) is 3. The van der Waals surface area contributed by atoms with E-state index in [1.165, 1.54) is 88.8 Å². The van der Waals surface area contributed by atoms with Gasteiger partial charge in [0.1, 0.15) is 0 Å². The van der Waals surface area contributed by atoms with E-state index >= 15 is 0 Å². The normalized spacial score (nSPS) is 12.1. The highest BCUT2D eigenvalue weighted by atomic mass is 32.1. The molecule has 0 atom stereocenters. The predicted molar refractivity (Wildman–Crippen MR) is 249 cm³/mol. The van der Waals surface area contributed by atoms with Crippen molar-refractivity contribution in [2.75, 3.05) is 0 Å². The maximum Gasteiger partial charge on any atom is 0.165 e. The summed E-state index contributed by atoms with van der Waals surface area (Å²) in [5.74, 6) is 2.00. The molecule has 3 nitrogen and oxygen atoms in total. The molecule has 13 aromatic rings. The van der Waals surface area contributed by atoms with E-state index in [0.29, 0.717) is 17.5 Å². The van der Waals surface area contributed by atoms with Crippen molar-refractivity contribution in [3.8, 4) is 34.2 Å². The van der Waals surface area contributed by atoms with Gasteiger partial charge in [-0.1, -0.05) is 152 Å². The molecule has 3 heterocycles. The van der Waals surface area contributed by atoms with Gasteiger partial charge in [0, 0.05) is 62.4 Å². The van der Waals surface area contributed by atoms with E-state index in [9.17, 15) is 0 Å². The minimum absolute atomic E-state index is 0.659. The van der Waals surface area contributed by atoms with Crippen molar-refractivity contribution in [3.05, 3.63) is 176 Å².